The molecule has 0 aliphatic rings. The molecule has 2 N–H and O–H groups in total. The highest BCUT2D eigenvalue weighted by atomic mass is 16.5. The fourth-order valence-corrected chi connectivity index (χ4v) is 1.94. The van der Waals surface area contributed by atoms with Crippen LogP contribution in [-0.2, 0) is 16.0 Å². The van der Waals surface area contributed by atoms with E-state index in [1.165, 1.54) is 0 Å². The molecular weight excluding hydrogens is 258 g/mol. The quantitative estimate of drug-likeness (QED) is 0.797. The Bertz CT molecular complexity index is 485. The van der Waals surface area contributed by atoms with E-state index in [-0.39, 0.29) is 24.7 Å². The van der Waals surface area contributed by atoms with E-state index >= 15 is 0 Å². The molecule has 0 fully saturated rings. The lowest BCUT2D eigenvalue weighted by Gasteiger charge is -2.12. The third kappa shape index (κ3) is 5.30. The third-order valence-corrected chi connectivity index (χ3v) is 2.96. The van der Waals surface area contributed by atoms with E-state index < -0.39 is 5.97 Å². The number of carbonyl (C=O) groups excluding carboxylic acids is 1. The Hall–Kier alpha value is -2.04. The predicted molar refractivity (Wildman–Crippen MR) is 75.9 cm³/mol. The zero-order valence-corrected chi connectivity index (χ0v) is 12.1. The Labute approximate surface area is 118 Å². The van der Waals surface area contributed by atoms with E-state index in [1.807, 2.05) is 25.1 Å². The van der Waals surface area contributed by atoms with Crippen molar-refractivity contribution in [1.82, 2.24) is 5.32 Å². The van der Waals surface area contributed by atoms with Crippen LogP contribution in [0.25, 0.3) is 0 Å². The minimum Gasteiger partial charge on any atom is -0.496 e. The molecule has 0 aliphatic carbocycles. The fraction of sp³-hybridized carbons (Fsp3) is 0.467. The first kappa shape index (κ1) is 16.0. The highest BCUT2D eigenvalue weighted by Crippen LogP contribution is 2.20. The third-order valence-electron chi connectivity index (χ3n) is 2.96. The lowest BCUT2D eigenvalue weighted by Crippen LogP contribution is -2.30. The number of carbonyl (C=O) groups is 2. The zero-order valence-electron chi connectivity index (χ0n) is 12.1. The van der Waals surface area contributed by atoms with Crippen LogP contribution in [0.15, 0.2) is 18.2 Å². The molecule has 0 aromatic heterocycles. The Morgan fingerprint density at radius 3 is 2.70 bits per heavy atom. The lowest BCUT2D eigenvalue weighted by atomic mass is 10.1. The zero-order chi connectivity index (χ0) is 15.1. The number of hydrogen-bond donors (Lipinski definition) is 2. The van der Waals surface area contributed by atoms with Crippen molar-refractivity contribution in [3.05, 3.63) is 29.3 Å². The molecule has 110 valence electrons. The van der Waals surface area contributed by atoms with Crippen LogP contribution in [0.2, 0.25) is 0 Å². The topological polar surface area (TPSA) is 75.6 Å². The van der Waals surface area contributed by atoms with E-state index in [4.69, 9.17) is 9.84 Å². The summed E-state index contributed by atoms with van der Waals surface area (Å²) >= 11 is 0. The minimum atomic E-state index is -0.855. The molecule has 0 bridgehead atoms. The number of methoxy groups -OCH3 is 1. The molecule has 20 heavy (non-hydrogen) atoms. The molecule has 1 aromatic carbocycles. The Morgan fingerprint density at radius 1 is 1.40 bits per heavy atom. The molecule has 0 heterocycles. The summed E-state index contributed by atoms with van der Waals surface area (Å²) in [6.07, 6.45) is 0.276. The van der Waals surface area contributed by atoms with Gasteiger partial charge in [-0.1, -0.05) is 24.6 Å². The maximum absolute atomic E-state index is 11.9. The number of nitrogens with one attached hydrogen (secondary N) is 1. The number of carboxylic acid groups (broad SMARTS) is 1. The van der Waals surface area contributed by atoms with Gasteiger partial charge in [-0.3, -0.25) is 9.59 Å². The van der Waals surface area contributed by atoms with Crippen LogP contribution in [0.4, 0.5) is 0 Å². The summed E-state index contributed by atoms with van der Waals surface area (Å²) in [5, 5.41) is 11.4. The maximum atomic E-state index is 11.9. The molecule has 0 saturated heterocycles. The summed E-state index contributed by atoms with van der Waals surface area (Å²) in [5.41, 5.74) is 1.89. The summed E-state index contributed by atoms with van der Waals surface area (Å²) in [6.45, 7) is 4.11. The summed E-state index contributed by atoms with van der Waals surface area (Å²) in [4.78, 5) is 22.4. The number of aliphatic carboxylic acids is 1. The second kappa shape index (κ2) is 7.53. The van der Waals surface area contributed by atoms with Crippen LogP contribution in [-0.4, -0.2) is 30.6 Å². The molecule has 5 heteroatoms. The van der Waals surface area contributed by atoms with Gasteiger partial charge < -0.3 is 15.2 Å². The van der Waals surface area contributed by atoms with Crippen molar-refractivity contribution in [3.63, 3.8) is 0 Å². The van der Waals surface area contributed by atoms with Crippen molar-refractivity contribution in [1.29, 1.82) is 0 Å². The van der Waals surface area contributed by atoms with Crippen LogP contribution in [0.1, 0.15) is 24.5 Å². The average molecular weight is 279 g/mol. The molecular formula is C15H21NO4. The van der Waals surface area contributed by atoms with E-state index in [2.05, 4.69) is 5.32 Å². The molecule has 5 nitrogen and oxygen atoms in total. The van der Waals surface area contributed by atoms with Crippen LogP contribution in [0, 0.1) is 12.8 Å². The average Bonchev–Trinajstić information content (AvgIpc) is 2.36. The number of rotatable bonds is 7. The first-order valence-electron chi connectivity index (χ1n) is 6.54. The van der Waals surface area contributed by atoms with Crippen LogP contribution < -0.4 is 10.1 Å². The maximum Gasteiger partial charge on any atom is 0.303 e. The molecule has 1 atom stereocenters. The van der Waals surface area contributed by atoms with Crippen molar-refractivity contribution >= 4 is 11.9 Å². The van der Waals surface area contributed by atoms with Crippen LogP contribution in [0.3, 0.4) is 0 Å². The van der Waals surface area contributed by atoms with Gasteiger partial charge in [0.1, 0.15) is 5.75 Å². The van der Waals surface area contributed by atoms with Gasteiger partial charge in [-0.2, -0.15) is 0 Å². The van der Waals surface area contributed by atoms with Crippen molar-refractivity contribution < 1.29 is 19.4 Å². The molecule has 0 saturated carbocycles. The number of aryl methyl sites for hydroxylation is 1. The van der Waals surface area contributed by atoms with Crippen molar-refractivity contribution in [2.45, 2.75) is 26.7 Å². The Kier molecular flexibility index (Phi) is 6.03. The van der Waals surface area contributed by atoms with E-state index in [0.29, 0.717) is 12.3 Å². The predicted octanol–water partition coefficient (Wildman–Crippen LogP) is 1.77. The Morgan fingerprint density at radius 2 is 2.10 bits per heavy atom. The number of benzene rings is 1. The molecule has 1 aromatic rings. The van der Waals surface area contributed by atoms with Gasteiger partial charge in [-0.25, -0.2) is 0 Å². The number of carboxylic acids is 1. The molecule has 1 unspecified atom stereocenters. The lowest BCUT2D eigenvalue weighted by molar-refractivity contribution is -0.138. The van der Waals surface area contributed by atoms with Crippen molar-refractivity contribution in [2.24, 2.45) is 5.92 Å². The van der Waals surface area contributed by atoms with Crippen LogP contribution >= 0.6 is 0 Å². The van der Waals surface area contributed by atoms with Crippen molar-refractivity contribution in [3.8, 4) is 5.75 Å². The number of amides is 1. The highest BCUT2D eigenvalue weighted by Gasteiger charge is 2.12. The number of hydrogen-bond acceptors (Lipinski definition) is 3. The Balaban J connectivity index is 2.54. The van der Waals surface area contributed by atoms with Gasteiger partial charge in [0.05, 0.1) is 13.5 Å². The SMILES string of the molecule is COc1ccc(C)cc1CC(=O)NCC(C)CC(=O)O. The van der Waals surface area contributed by atoms with Crippen molar-refractivity contribution in [2.75, 3.05) is 13.7 Å². The minimum absolute atomic E-state index is 0.0496. The summed E-state index contributed by atoms with van der Waals surface area (Å²) in [5.74, 6) is -0.390. The van der Waals surface area contributed by atoms with Gasteiger partial charge in [0, 0.05) is 18.5 Å². The molecule has 1 rings (SSSR count). The van der Waals surface area contributed by atoms with Gasteiger partial charge in [0.15, 0.2) is 0 Å². The van der Waals surface area contributed by atoms with E-state index in [0.717, 1.165) is 11.1 Å². The molecule has 1 amide bonds. The number of ether oxygens (including phenoxy) is 1. The first-order chi connectivity index (χ1) is 9.42. The highest BCUT2D eigenvalue weighted by molar-refractivity contribution is 5.79. The van der Waals surface area contributed by atoms with Gasteiger partial charge in [0.2, 0.25) is 5.91 Å². The molecule has 0 aliphatic heterocycles. The second-order valence-electron chi connectivity index (χ2n) is 5.00. The van der Waals surface area contributed by atoms with Gasteiger partial charge in [-0.15, -0.1) is 0 Å². The second-order valence-corrected chi connectivity index (χ2v) is 5.00. The summed E-state index contributed by atoms with van der Waals surface area (Å²) in [6, 6.07) is 5.68. The molecule has 0 radical (unpaired) electrons. The van der Waals surface area contributed by atoms with Gasteiger partial charge in [-0.05, 0) is 18.9 Å². The summed E-state index contributed by atoms with van der Waals surface area (Å²) in [7, 11) is 1.57. The normalized spacial score (nSPS) is 11.8. The smallest absolute Gasteiger partial charge is 0.303 e. The van der Waals surface area contributed by atoms with Gasteiger partial charge in [0.25, 0.3) is 0 Å². The monoisotopic (exact) mass is 279 g/mol. The molecule has 0 spiro atoms. The van der Waals surface area contributed by atoms with E-state index in [9.17, 15) is 9.59 Å². The first-order valence-corrected chi connectivity index (χ1v) is 6.54. The largest absolute Gasteiger partial charge is 0.496 e. The van der Waals surface area contributed by atoms with E-state index in [1.54, 1.807) is 14.0 Å². The van der Waals surface area contributed by atoms with Crippen LogP contribution in [0.5, 0.6) is 5.75 Å². The standard InChI is InChI=1S/C15H21NO4/c1-10-4-5-13(20-3)12(6-10)8-14(17)16-9-11(2)7-15(18)19/h4-6,11H,7-9H2,1-3H3,(H,16,17)(H,18,19). The summed E-state index contributed by atoms with van der Waals surface area (Å²) < 4.78 is 5.22. The van der Waals surface area contributed by atoms with Gasteiger partial charge >= 0.3 is 5.97 Å². The fourth-order valence-electron chi connectivity index (χ4n) is 1.94.